The molecule has 0 radical (unpaired) electrons. The number of rotatable bonds is 6. The minimum absolute atomic E-state index is 0.0706. The molecule has 33 heavy (non-hydrogen) atoms. The highest BCUT2D eigenvalue weighted by molar-refractivity contribution is 6.30. The predicted molar refractivity (Wildman–Crippen MR) is 130 cm³/mol. The Balaban J connectivity index is 1.39. The number of likely N-dealkylation sites (N-methyl/N-ethyl adjacent to an activating group) is 1. The lowest BCUT2D eigenvalue weighted by Crippen LogP contribution is -2.47. The van der Waals surface area contributed by atoms with Gasteiger partial charge in [-0.25, -0.2) is 4.79 Å². The maximum atomic E-state index is 13.1. The summed E-state index contributed by atoms with van der Waals surface area (Å²) in [6, 6.07) is 23.3. The summed E-state index contributed by atoms with van der Waals surface area (Å²) >= 11 is 5.95. The van der Waals surface area contributed by atoms with Crippen LogP contribution < -0.4 is 10.1 Å². The number of anilines is 1. The molecule has 3 aromatic carbocycles. The topological polar surface area (TPSA) is 61.9 Å². The summed E-state index contributed by atoms with van der Waals surface area (Å²) in [4.78, 5) is 29.4. The van der Waals surface area contributed by atoms with E-state index >= 15 is 0 Å². The lowest BCUT2D eigenvalue weighted by atomic mass is 10.1. The van der Waals surface area contributed by atoms with E-state index in [4.69, 9.17) is 16.3 Å². The first-order valence-corrected chi connectivity index (χ1v) is 11.3. The summed E-state index contributed by atoms with van der Waals surface area (Å²) in [6.07, 6.45) is 1.43. The fraction of sp³-hybridized carbons (Fsp3) is 0.231. The zero-order chi connectivity index (χ0) is 23.2. The van der Waals surface area contributed by atoms with Gasteiger partial charge in [-0.15, -0.1) is 0 Å². The summed E-state index contributed by atoms with van der Waals surface area (Å²) in [5.41, 5.74) is 1.60. The fourth-order valence-corrected chi connectivity index (χ4v) is 4.05. The Labute approximate surface area is 198 Å². The van der Waals surface area contributed by atoms with E-state index in [9.17, 15) is 9.59 Å². The molecule has 0 unspecified atom stereocenters. The van der Waals surface area contributed by atoms with Gasteiger partial charge in [0.2, 0.25) is 5.91 Å². The Bertz CT molecular complexity index is 1110. The van der Waals surface area contributed by atoms with Crippen LogP contribution in [0.1, 0.15) is 18.4 Å². The first kappa shape index (κ1) is 22.7. The molecule has 7 heteroatoms. The van der Waals surface area contributed by atoms with E-state index in [2.05, 4.69) is 5.32 Å². The maximum absolute atomic E-state index is 13.1. The van der Waals surface area contributed by atoms with Gasteiger partial charge >= 0.3 is 6.03 Å². The van der Waals surface area contributed by atoms with Crippen LogP contribution in [-0.4, -0.2) is 41.4 Å². The van der Waals surface area contributed by atoms with Gasteiger partial charge in [0.05, 0.1) is 0 Å². The van der Waals surface area contributed by atoms with Gasteiger partial charge in [-0.05, 0) is 54.8 Å². The third-order valence-electron chi connectivity index (χ3n) is 5.57. The van der Waals surface area contributed by atoms with Crippen molar-refractivity contribution < 1.29 is 14.3 Å². The van der Waals surface area contributed by atoms with Crippen LogP contribution in [0.2, 0.25) is 5.02 Å². The van der Waals surface area contributed by atoms with Crippen LogP contribution in [0.4, 0.5) is 10.5 Å². The molecule has 0 saturated carbocycles. The van der Waals surface area contributed by atoms with Gasteiger partial charge in [0, 0.05) is 36.9 Å². The number of nitrogens with zero attached hydrogens (tertiary/aromatic N) is 2. The van der Waals surface area contributed by atoms with Crippen LogP contribution in [0, 0.1) is 0 Å². The molecule has 1 heterocycles. The molecule has 1 saturated heterocycles. The van der Waals surface area contributed by atoms with Crippen LogP contribution in [0.25, 0.3) is 0 Å². The number of benzene rings is 3. The first-order valence-electron chi connectivity index (χ1n) is 10.9. The smallest absolute Gasteiger partial charge is 0.322 e. The summed E-state index contributed by atoms with van der Waals surface area (Å²) in [6.45, 7) is 0.998. The molecular weight excluding hydrogens is 438 g/mol. The molecule has 4 rings (SSSR count). The van der Waals surface area contributed by atoms with E-state index in [1.165, 1.54) is 0 Å². The van der Waals surface area contributed by atoms with Gasteiger partial charge in [-0.1, -0.05) is 48.0 Å². The standard InChI is InChI=1S/C26H26ClN3O3/c1-29(18-19-12-14-20(27)15-13-19)25(31)24-11-6-16-30(24)26(32)28-21-7-5-10-23(17-21)33-22-8-3-2-4-9-22/h2-5,7-10,12-15,17,24H,6,11,16,18H2,1H3,(H,28,32)/t24-/m1/s1. The molecular formula is C26H26ClN3O3. The van der Waals surface area contributed by atoms with Crippen LogP contribution in [0.15, 0.2) is 78.9 Å². The number of halogens is 1. The van der Waals surface area contributed by atoms with Crippen LogP contribution in [0.5, 0.6) is 11.5 Å². The average Bonchev–Trinajstić information content (AvgIpc) is 3.31. The second-order valence-corrected chi connectivity index (χ2v) is 8.48. The van der Waals surface area contributed by atoms with Crippen molar-refractivity contribution in [2.45, 2.75) is 25.4 Å². The molecule has 1 N–H and O–H groups in total. The Morgan fingerprint density at radius 1 is 1.03 bits per heavy atom. The Kier molecular flexibility index (Phi) is 7.15. The molecule has 1 aliphatic heterocycles. The van der Waals surface area contributed by atoms with Crippen molar-refractivity contribution in [1.82, 2.24) is 9.80 Å². The number of likely N-dealkylation sites (tertiary alicyclic amines) is 1. The molecule has 1 aliphatic rings. The highest BCUT2D eigenvalue weighted by atomic mass is 35.5. The third kappa shape index (κ3) is 5.84. The van der Waals surface area contributed by atoms with Crippen molar-refractivity contribution in [2.75, 3.05) is 18.9 Å². The number of carbonyl (C=O) groups is 2. The molecule has 0 bridgehead atoms. The molecule has 170 valence electrons. The fourth-order valence-electron chi connectivity index (χ4n) is 3.92. The van der Waals surface area contributed by atoms with Gasteiger partial charge in [0.25, 0.3) is 0 Å². The number of urea groups is 1. The number of hydrogen-bond donors (Lipinski definition) is 1. The van der Waals surface area contributed by atoms with Gasteiger partial charge in [0.15, 0.2) is 0 Å². The van der Waals surface area contributed by atoms with Gasteiger partial charge in [-0.2, -0.15) is 0 Å². The minimum Gasteiger partial charge on any atom is -0.457 e. The van der Waals surface area contributed by atoms with Crippen molar-refractivity contribution in [2.24, 2.45) is 0 Å². The molecule has 0 aromatic heterocycles. The number of nitrogens with one attached hydrogen (secondary N) is 1. The van der Waals surface area contributed by atoms with E-state index in [1.807, 2.05) is 54.6 Å². The predicted octanol–water partition coefficient (Wildman–Crippen LogP) is 5.79. The van der Waals surface area contributed by atoms with Crippen molar-refractivity contribution in [3.8, 4) is 11.5 Å². The maximum Gasteiger partial charge on any atom is 0.322 e. The lowest BCUT2D eigenvalue weighted by molar-refractivity contribution is -0.134. The first-order chi connectivity index (χ1) is 16.0. The molecule has 6 nitrogen and oxygen atoms in total. The average molecular weight is 464 g/mol. The third-order valence-corrected chi connectivity index (χ3v) is 5.82. The van der Waals surface area contributed by atoms with E-state index in [0.717, 1.165) is 17.7 Å². The monoisotopic (exact) mass is 463 g/mol. The number of para-hydroxylation sites is 1. The lowest BCUT2D eigenvalue weighted by Gasteiger charge is -2.28. The highest BCUT2D eigenvalue weighted by Gasteiger charge is 2.35. The van der Waals surface area contributed by atoms with E-state index in [0.29, 0.717) is 36.0 Å². The Morgan fingerprint density at radius 2 is 1.76 bits per heavy atom. The van der Waals surface area contributed by atoms with Crippen molar-refractivity contribution >= 4 is 29.2 Å². The number of carbonyl (C=O) groups excluding carboxylic acids is 2. The summed E-state index contributed by atoms with van der Waals surface area (Å²) in [5.74, 6) is 1.27. The van der Waals surface area contributed by atoms with E-state index < -0.39 is 6.04 Å². The summed E-state index contributed by atoms with van der Waals surface area (Å²) in [5, 5.41) is 3.57. The SMILES string of the molecule is CN(Cc1ccc(Cl)cc1)C(=O)[C@H]1CCCN1C(=O)Nc1cccc(Oc2ccccc2)c1. The molecule has 1 atom stereocenters. The van der Waals surface area contributed by atoms with Crippen molar-refractivity contribution in [1.29, 1.82) is 0 Å². The number of ether oxygens (including phenoxy) is 1. The largest absolute Gasteiger partial charge is 0.457 e. The highest BCUT2D eigenvalue weighted by Crippen LogP contribution is 2.26. The Morgan fingerprint density at radius 3 is 2.52 bits per heavy atom. The molecule has 0 aliphatic carbocycles. The normalized spacial score (nSPS) is 15.2. The molecule has 0 spiro atoms. The van der Waals surface area contributed by atoms with Crippen molar-refractivity contribution in [3.63, 3.8) is 0 Å². The number of hydrogen-bond acceptors (Lipinski definition) is 3. The van der Waals surface area contributed by atoms with Crippen LogP contribution >= 0.6 is 11.6 Å². The van der Waals surface area contributed by atoms with Gasteiger partial charge < -0.3 is 19.9 Å². The van der Waals surface area contributed by atoms with Crippen molar-refractivity contribution in [3.05, 3.63) is 89.4 Å². The van der Waals surface area contributed by atoms with Gasteiger partial charge in [0.1, 0.15) is 17.5 Å². The van der Waals surface area contributed by atoms with Crippen LogP contribution in [-0.2, 0) is 11.3 Å². The van der Waals surface area contributed by atoms with E-state index in [1.54, 1.807) is 41.1 Å². The number of amides is 3. The molecule has 3 aromatic rings. The van der Waals surface area contributed by atoms with E-state index in [-0.39, 0.29) is 11.9 Å². The second-order valence-electron chi connectivity index (χ2n) is 8.05. The van der Waals surface area contributed by atoms with Gasteiger partial charge in [-0.3, -0.25) is 4.79 Å². The molecule has 3 amide bonds. The van der Waals surface area contributed by atoms with Crippen LogP contribution in [0.3, 0.4) is 0 Å². The zero-order valence-corrected chi connectivity index (χ0v) is 19.2. The minimum atomic E-state index is -0.481. The second kappa shape index (κ2) is 10.4. The summed E-state index contributed by atoms with van der Waals surface area (Å²) in [7, 11) is 1.76. The zero-order valence-electron chi connectivity index (χ0n) is 18.4. The summed E-state index contributed by atoms with van der Waals surface area (Å²) < 4.78 is 5.85. The molecule has 1 fully saturated rings. The quantitative estimate of drug-likeness (QED) is 0.503. The Hall–Kier alpha value is -3.51.